The average molecular weight is 286 g/mol. The Balaban J connectivity index is 0. The van der Waals surface area contributed by atoms with Crippen molar-refractivity contribution < 1.29 is 45.6 Å². The molecule has 0 aromatic rings. The van der Waals surface area contributed by atoms with Gasteiger partial charge in [-0.25, -0.2) is 0 Å². The van der Waals surface area contributed by atoms with Crippen molar-refractivity contribution in [3.63, 3.8) is 0 Å². The lowest BCUT2D eigenvalue weighted by atomic mass is 10.0. The van der Waals surface area contributed by atoms with Gasteiger partial charge in [0.25, 0.3) is 0 Å². The summed E-state index contributed by atoms with van der Waals surface area (Å²) in [6.07, 6.45) is -9.13. The summed E-state index contributed by atoms with van der Waals surface area (Å²) in [6, 6.07) is 0. The zero-order chi connectivity index (χ0) is 15.6. The molecule has 0 aliphatic rings. The molecule has 5 unspecified atom stereocenters. The summed E-state index contributed by atoms with van der Waals surface area (Å²) < 4.78 is 0. The van der Waals surface area contributed by atoms with E-state index < -0.39 is 36.6 Å². The maximum absolute atomic E-state index is 9.98. The highest BCUT2D eigenvalue weighted by molar-refractivity contribution is 5.56. The summed E-state index contributed by atoms with van der Waals surface area (Å²) in [4.78, 5) is 9.98. The summed E-state index contributed by atoms with van der Waals surface area (Å²) in [5.41, 5.74) is 0. The Morgan fingerprint density at radius 2 is 1.26 bits per heavy atom. The Bertz CT molecular complexity index is 219. The molecule has 19 heavy (non-hydrogen) atoms. The Morgan fingerprint density at radius 3 is 1.47 bits per heavy atom. The molecule has 0 amide bonds. The van der Waals surface area contributed by atoms with Crippen LogP contribution in [-0.2, 0) is 4.79 Å². The van der Waals surface area contributed by atoms with Crippen LogP contribution in [0.2, 0.25) is 0 Å². The highest BCUT2D eigenvalue weighted by Crippen LogP contribution is 2.06. The first-order chi connectivity index (χ1) is 8.72. The molecule has 0 aliphatic carbocycles. The molecular weight excluding hydrogens is 264 g/mol. The molecule has 0 aromatic heterocycles. The van der Waals surface area contributed by atoms with Gasteiger partial charge in [-0.3, -0.25) is 0 Å². The first-order valence-electron chi connectivity index (χ1n) is 5.48. The maximum atomic E-state index is 9.98. The van der Waals surface area contributed by atoms with E-state index in [1.165, 1.54) is 6.92 Å². The number of aldehydes is 1. The summed E-state index contributed by atoms with van der Waals surface area (Å²) in [5.74, 6) is 0. The van der Waals surface area contributed by atoms with E-state index in [1.807, 2.05) is 0 Å². The van der Waals surface area contributed by atoms with Crippen molar-refractivity contribution in [2.45, 2.75) is 43.5 Å². The normalized spacial score (nSPS) is 18.8. The van der Waals surface area contributed by atoms with E-state index in [0.29, 0.717) is 0 Å². The van der Waals surface area contributed by atoms with Gasteiger partial charge in [-0.2, -0.15) is 0 Å². The van der Waals surface area contributed by atoms with Gasteiger partial charge in [0.15, 0.2) is 6.29 Å². The summed E-state index contributed by atoms with van der Waals surface area (Å²) in [5, 5.41) is 68.7. The second kappa shape index (κ2) is 11.2. The van der Waals surface area contributed by atoms with Gasteiger partial charge in [-0.05, 0) is 6.92 Å². The molecule has 0 bridgehead atoms. The van der Waals surface area contributed by atoms with Crippen LogP contribution >= 0.6 is 0 Å². The zero-order valence-electron chi connectivity index (χ0n) is 10.4. The molecule has 0 aliphatic heterocycles. The molecule has 0 aromatic carbocycles. The van der Waals surface area contributed by atoms with Crippen molar-refractivity contribution in [3.8, 4) is 0 Å². The summed E-state index contributed by atoms with van der Waals surface area (Å²) in [6.45, 7) is 0.473. The molecule has 0 spiro atoms. The summed E-state index contributed by atoms with van der Waals surface area (Å²) >= 11 is 0. The van der Waals surface area contributed by atoms with Crippen LogP contribution in [0.15, 0.2) is 0 Å². The first kappa shape index (κ1) is 20.7. The molecule has 5 atom stereocenters. The lowest BCUT2D eigenvalue weighted by Gasteiger charge is -2.25. The van der Waals surface area contributed by atoms with Gasteiger partial charge in [-0.1, -0.05) is 0 Å². The molecule has 0 rings (SSSR count). The van der Waals surface area contributed by atoms with Gasteiger partial charge in [0.2, 0.25) is 0 Å². The molecule has 9 nitrogen and oxygen atoms in total. The van der Waals surface area contributed by atoms with Crippen molar-refractivity contribution >= 4 is 6.29 Å². The van der Waals surface area contributed by atoms with Gasteiger partial charge < -0.3 is 45.6 Å². The van der Waals surface area contributed by atoms with Gasteiger partial charge in [0.05, 0.1) is 19.3 Å². The fourth-order valence-corrected chi connectivity index (χ4v) is 0.828. The van der Waals surface area contributed by atoms with Gasteiger partial charge in [-0.15, -0.1) is 0 Å². The SMILES string of the molecule is CC(O)C(O)C(O)C(O)C(O)C=O.OCC(O)CO. The number of hydrogen-bond donors (Lipinski definition) is 8. The highest BCUT2D eigenvalue weighted by Gasteiger charge is 2.32. The van der Waals surface area contributed by atoms with E-state index in [9.17, 15) is 4.79 Å². The van der Waals surface area contributed by atoms with Crippen LogP contribution < -0.4 is 0 Å². The van der Waals surface area contributed by atoms with Gasteiger partial charge in [0.1, 0.15) is 30.5 Å². The monoisotopic (exact) mass is 286 g/mol. The Kier molecular flexibility index (Phi) is 12.2. The minimum atomic E-state index is -1.80. The molecule has 9 heteroatoms. The fourth-order valence-electron chi connectivity index (χ4n) is 0.828. The average Bonchev–Trinajstić information content (AvgIpc) is 2.43. The smallest absolute Gasteiger partial charge is 0.151 e. The van der Waals surface area contributed by atoms with Crippen LogP contribution in [0.4, 0.5) is 0 Å². The van der Waals surface area contributed by atoms with Crippen LogP contribution in [-0.4, -0.2) is 97.0 Å². The minimum Gasteiger partial charge on any atom is -0.394 e. The van der Waals surface area contributed by atoms with Crippen molar-refractivity contribution in [1.82, 2.24) is 0 Å². The van der Waals surface area contributed by atoms with Crippen LogP contribution in [0.5, 0.6) is 0 Å². The molecule has 8 N–H and O–H groups in total. The van der Waals surface area contributed by atoms with Gasteiger partial charge >= 0.3 is 0 Å². The number of rotatable bonds is 7. The second-order valence-electron chi connectivity index (χ2n) is 3.86. The summed E-state index contributed by atoms with van der Waals surface area (Å²) in [7, 11) is 0. The molecule has 0 heterocycles. The molecule has 0 fully saturated rings. The minimum absolute atomic E-state index is 0.0304. The van der Waals surface area contributed by atoms with Gasteiger partial charge in [0, 0.05) is 0 Å². The quantitative estimate of drug-likeness (QED) is 0.213. The maximum Gasteiger partial charge on any atom is 0.151 e. The fraction of sp³-hybridized carbons (Fsp3) is 0.900. The zero-order valence-corrected chi connectivity index (χ0v) is 10.4. The van der Waals surface area contributed by atoms with Crippen LogP contribution in [0.1, 0.15) is 6.92 Å². The first-order valence-corrected chi connectivity index (χ1v) is 5.48. The molecule has 0 saturated carbocycles. The van der Waals surface area contributed by atoms with Crippen molar-refractivity contribution in [2.24, 2.45) is 0 Å². The molecular formula is C10H22O9. The molecule has 0 radical (unpaired) electrons. The van der Waals surface area contributed by atoms with E-state index in [1.54, 1.807) is 0 Å². The predicted octanol–water partition coefficient (Wildman–Crippen LogP) is -4.66. The Hall–Kier alpha value is -0.650. The number of carbonyl (C=O) groups is 1. The third kappa shape index (κ3) is 8.97. The van der Waals surface area contributed by atoms with Crippen molar-refractivity contribution in [1.29, 1.82) is 0 Å². The third-order valence-corrected chi connectivity index (χ3v) is 2.10. The highest BCUT2D eigenvalue weighted by atomic mass is 16.4. The van der Waals surface area contributed by atoms with E-state index in [4.69, 9.17) is 40.9 Å². The predicted molar refractivity (Wildman–Crippen MR) is 62.0 cm³/mol. The number of aliphatic hydroxyl groups is 8. The number of carbonyl (C=O) groups excluding carboxylic acids is 1. The topological polar surface area (TPSA) is 179 Å². The number of aliphatic hydroxyl groups excluding tert-OH is 8. The lowest BCUT2D eigenvalue weighted by molar-refractivity contribution is -0.142. The van der Waals surface area contributed by atoms with Crippen molar-refractivity contribution in [2.75, 3.05) is 13.2 Å². The van der Waals surface area contributed by atoms with E-state index in [0.717, 1.165) is 0 Å². The lowest BCUT2D eigenvalue weighted by Crippen LogP contribution is -2.48. The third-order valence-electron chi connectivity index (χ3n) is 2.10. The van der Waals surface area contributed by atoms with Crippen LogP contribution in [0.3, 0.4) is 0 Å². The molecule has 116 valence electrons. The van der Waals surface area contributed by atoms with Crippen molar-refractivity contribution in [3.05, 3.63) is 0 Å². The van der Waals surface area contributed by atoms with E-state index >= 15 is 0 Å². The number of hydrogen-bond acceptors (Lipinski definition) is 9. The van der Waals surface area contributed by atoms with E-state index in [2.05, 4.69) is 0 Å². The largest absolute Gasteiger partial charge is 0.394 e. The standard InChI is InChI=1S/C7H14O6.C3H8O3/c1-3(9)5(11)7(13)6(12)4(10)2-8;4-1-3(6)2-5/h2-7,9-13H,1H3;3-6H,1-2H2. The van der Waals surface area contributed by atoms with Crippen LogP contribution in [0, 0.1) is 0 Å². The molecule has 0 saturated heterocycles. The Labute approximate surface area is 110 Å². The second-order valence-corrected chi connectivity index (χ2v) is 3.86. The van der Waals surface area contributed by atoms with E-state index in [-0.39, 0.29) is 19.5 Å². The Morgan fingerprint density at radius 1 is 0.842 bits per heavy atom. The van der Waals surface area contributed by atoms with Crippen LogP contribution in [0.25, 0.3) is 0 Å².